The average Bonchev–Trinajstić information content (AvgIpc) is 2.07. The van der Waals surface area contributed by atoms with Gasteiger partial charge in [-0.3, -0.25) is 0 Å². The third-order valence-corrected chi connectivity index (χ3v) is 1.94. The van der Waals surface area contributed by atoms with Gasteiger partial charge in [-0.1, -0.05) is 0 Å². The van der Waals surface area contributed by atoms with Crippen molar-refractivity contribution in [2.24, 2.45) is 0 Å². The Morgan fingerprint density at radius 3 is 2.69 bits per heavy atom. The van der Waals surface area contributed by atoms with Gasteiger partial charge in [0.15, 0.2) is 5.82 Å². The number of nitrogens with zero attached hydrogens (tertiary/aromatic N) is 3. The number of rotatable bonds is 0. The first-order chi connectivity index (χ1) is 6.18. The molecule has 4 nitrogen and oxygen atoms in total. The van der Waals surface area contributed by atoms with Gasteiger partial charge in [0.1, 0.15) is 11.8 Å². The summed E-state index contributed by atoms with van der Waals surface area (Å²) in [6.45, 7) is 3.92. The van der Waals surface area contributed by atoms with Crippen molar-refractivity contribution >= 4 is 16.9 Å². The quantitative estimate of drug-likeness (QED) is 0.652. The van der Waals surface area contributed by atoms with E-state index in [4.69, 9.17) is 5.73 Å². The van der Waals surface area contributed by atoms with Crippen LogP contribution in [0.3, 0.4) is 0 Å². The molecule has 0 aliphatic rings. The zero-order valence-electron chi connectivity index (χ0n) is 7.57. The first-order valence-electron chi connectivity index (χ1n) is 4.03. The number of pyridine rings is 1. The van der Waals surface area contributed by atoms with Crippen molar-refractivity contribution in [3.05, 3.63) is 23.7 Å². The van der Waals surface area contributed by atoms with E-state index in [9.17, 15) is 0 Å². The number of nitrogen functional groups attached to an aromatic ring is 1. The van der Waals surface area contributed by atoms with Gasteiger partial charge in [0.2, 0.25) is 0 Å². The molecule has 2 rings (SSSR count). The molecule has 0 aromatic carbocycles. The smallest absolute Gasteiger partial charge is 0.153 e. The minimum absolute atomic E-state index is 0.441. The van der Waals surface area contributed by atoms with E-state index in [0.29, 0.717) is 11.3 Å². The number of hydrogen-bond donors (Lipinski definition) is 1. The van der Waals surface area contributed by atoms with Gasteiger partial charge < -0.3 is 5.73 Å². The fourth-order valence-electron chi connectivity index (χ4n) is 1.38. The van der Waals surface area contributed by atoms with Gasteiger partial charge in [0.05, 0.1) is 5.52 Å². The van der Waals surface area contributed by atoms with E-state index >= 15 is 0 Å². The number of aryl methyl sites for hydroxylation is 2. The predicted octanol–water partition coefficient (Wildman–Crippen LogP) is 1.22. The highest BCUT2D eigenvalue weighted by atomic mass is 14.9. The van der Waals surface area contributed by atoms with Crippen LogP contribution in [0.2, 0.25) is 0 Å². The molecule has 0 radical (unpaired) electrons. The molecule has 2 heterocycles. The first kappa shape index (κ1) is 7.91. The summed E-state index contributed by atoms with van der Waals surface area (Å²) in [5.74, 6) is 0.441. The van der Waals surface area contributed by atoms with Gasteiger partial charge in [-0.05, 0) is 25.5 Å². The molecule has 0 amide bonds. The van der Waals surface area contributed by atoms with Crippen LogP contribution in [-0.4, -0.2) is 15.0 Å². The number of hydrogen-bond acceptors (Lipinski definition) is 4. The maximum Gasteiger partial charge on any atom is 0.153 e. The van der Waals surface area contributed by atoms with Crippen molar-refractivity contribution in [1.29, 1.82) is 0 Å². The van der Waals surface area contributed by atoms with Gasteiger partial charge in [0.25, 0.3) is 0 Å². The van der Waals surface area contributed by atoms with Crippen molar-refractivity contribution in [1.82, 2.24) is 15.0 Å². The fraction of sp³-hybridized carbons (Fsp3) is 0.222. The van der Waals surface area contributed by atoms with Gasteiger partial charge in [0, 0.05) is 5.69 Å². The zero-order valence-corrected chi connectivity index (χ0v) is 7.57. The van der Waals surface area contributed by atoms with Crippen LogP contribution in [0.4, 0.5) is 5.82 Å². The molecule has 0 unspecified atom stereocenters. The maximum atomic E-state index is 5.68. The monoisotopic (exact) mass is 174 g/mol. The normalized spacial score (nSPS) is 10.6. The lowest BCUT2D eigenvalue weighted by molar-refractivity contribution is 1.16. The average molecular weight is 174 g/mol. The summed E-state index contributed by atoms with van der Waals surface area (Å²) in [5.41, 5.74) is 9.22. The number of fused-ring (bicyclic) bond motifs is 1. The van der Waals surface area contributed by atoms with Crippen molar-refractivity contribution in [3.8, 4) is 0 Å². The molecule has 2 aromatic rings. The second kappa shape index (κ2) is 2.65. The van der Waals surface area contributed by atoms with Crippen LogP contribution in [-0.2, 0) is 0 Å². The summed E-state index contributed by atoms with van der Waals surface area (Å²) >= 11 is 0. The predicted molar refractivity (Wildman–Crippen MR) is 51.2 cm³/mol. The molecular weight excluding hydrogens is 164 g/mol. The van der Waals surface area contributed by atoms with Crippen molar-refractivity contribution in [2.45, 2.75) is 13.8 Å². The zero-order chi connectivity index (χ0) is 9.42. The summed E-state index contributed by atoms with van der Waals surface area (Å²) in [5, 5.41) is 0. The van der Waals surface area contributed by atoms with E-state index < -0.39 is 0 Å². The highest BCUT2D eigenvalue weighted by molar-refractivity contribution is 5.85. The first-order valence-corrected chi connectivity index (χ1v) is 4.03. The van der Waals surface area contributed by atoms with Crippen LogP contribution < -0.4 is 5.73 Å². The highest BCUT2D eigenvalue weighted by Gasteiger charge is 2.04. The van der Waals surface area contributed by atoms with E-state index in [0.717, 1.165) is 16.8 Å². The van der Waals surface area contributed by atoms with Crippen LogP contribution in [0.1, 0.15) is 11.3 Å². The summed E-state index contributed by atoms with van der Waals surface area (Å²) < 4.78 is 0. The number of anilines is 1. The molecule has 0 saturated heterocycles. The molecule has 0 spiro atoms. The molecule has 66 valence electrons. The van der Waals surface area contributed by atoms with Crippen molar-refractivity contribution < 1.29 is 0 Å². The molecule has 0 atom stereocenters. The molecule has 2 N–H and O–H groups in total. The molecule has 0 bridgehead atoms. The van der Waals surface area contributed by atoms with E-state index in [1.165, 1.54) is 6.33 Å². The molecule has 4 heteroatoms. The fourth-order valence-corrected chi connectivity index (χ4v) is 1.38. The molecule has 0 saturated carbocycles. The minimum atomic E-state index is 0.441. The van der Waals surface area contributed by atoms with Gasteiger partial charge in [-0.2, -0.15) is 0 Å². The van der Waals surface area contributed by atoms with Gasteiger partial charge in [-0.15, -0.1) is 0 Å². The molecule has 0 aliphatic carbocycles. The highest BCUT2D eigenvalue weighted by Crippen LogP contribution is 2.17. The van der Waals surface area contributed by atoms with E-state index in [-0.39, 0.29) is 0 Å². The van der Waals surface area contributed by atoms with Crippen LogP contribution in [0.15, 0.2) is 12.4 Å². The Bertz CT molecular complexity index is 464. The number of nitrogens with two attached hydrogens (primary N) is 1. The van der Waals surface area contributed by atoms with Crippen LogP contribution in [0.5, 0.6) is 0 Å². The second-order valence-electron chi connectivity index (χ2n) is 3.04. The molecule has 0 aliphatic heterocycles. The molecule has 0 fully saturated rings. The molecule has 2 aromatic heterocycles. The third-order valence-electron chi connectivity index (χ3n) is 1.94. The summed E-state index contributed by atoms with van der Waals surface area (Å²) in [4.78, 5) is 12.3. The van der Waals surface area contributed by atoms with Gasteiger partial charge in [-0.25, -0.2) is 15.0 Å². The Morgan fingerprint density at radius 1 is 1.15 bits per heavy atom. The second-order valence-corrected chi connectivity index (χ2v) is 3.04. The third kappa shape index (κ3) is 1.20. The van der Waals surface area contributed by atoms with E-state index in [1.54, 1.807) is 0 Å². The molecular formula is C9H10N4. The maximum absolute atomic E-state index is 5.68. The standard InChI is InChI=1S/C9H10N4/c1-5-3-6(2)13-8-7(5)11-4-12-9(8)10/h3-4H,1-2H3,(H2,10,11,12). The van der Waals surface area contributed by atoms with Crippen LogP contribution in [0, 0.1) is 13.8 Å². The van der Waals surface area contributed by atoms with Crippen LogP contribution in [0.25, 0.3) is 11.0 Å². The van der Waals surface area contributed by atoms with E-state index in [1.807, 2.05) is 19.9 Å². The largest absolute Gasteiger partial charge is 0.382 e. The Morgan fingerprint density at radius 2 is 1.92 bits per heavy atom. The lowest BCUT2D eigenvalue weighted by Gasteiger charge is -2.03. The Balaban J connectivity index is 2.94. The van der Waals surface area contributed by atoms with Crippen molar-refractivity contribution in [3.63, 3.8) is 0 Å². The summed E-state index contributed by atoms with van der Waals surface area (Å²) in [6, 6.07) is 1.98. The summed E-state index contributed by atoms with van der Waals surface area (Å²) in [7, 11) is 0. The Hall–Kier alpha value is -1.71. The van der Waals surface area contributed by atoms with Crippen LogP contribution >= 0.6 is 0 Å². The lowest BCUT2D eigenvalue weighted by atomic mass is 10.2. The van der Waals surface area contributed by atoms with Crippen molar-refractivity contribution in [2.75, 3.05) is 5.73 Å². The number of aromatic nitrogens is 3. The summed E-state index contributed by atoms with van der Waals surface area (Å²) in [6.07, 6.45) is 1.46. The minimum Gasteiger partial charge on any atom is -0.382 e. The SMILES string of the molecule is Cc1cc(C)c2ncnc(N)c2n1. The Kier molecular flexibility index (Phi) is 1.62. The Labute approximate surface area is 75.8 Å². The molecule has 13 heavy (non-hydrogen) atoms. The topological polar surface area (TPSA) is 64.7 Å². The lowest BCUT2D eigenvalue weighted by Crippen LogP contribution is -1.97. The van der Waals surface area contributed by atoms with Gasteiger partial charge >= 0.3 is 0 Å². The van der Waals surface area contributed by atoms with E-state index in [2.05, 4.69) is 15.0 Å².